The number of allylic oxidation sites excluding steroid dienone is 2. The topological polar surface area (TPSA) is 68.3 Å². The first-order valence-corrected chi connectivity index (χ1v) is 9.00. The molecule has 5 heteroatoms. The van der Waals surface area contributed by atoms with Gasteiger partial charge in [-0.3, -0.25) is 4.79 Å². The molecule has 0 radical (unpaired) electrons. The van der Waals surface area contributed by atoms with Crippen LogP contribution in [0, 0.1) is 5.92 Å². The van der Waals surface area contributed by atoms with Crippen LogP contribution < -0.4 is 0 Å². The molecule has 1 aliphatic carbocycles. The average molecular weight is 338 g/mol. The first-order chi connectivity index (χ1) is 11.3. The van der Waals surface area contributed by atoms with E-state index in [0.29, 0.717) is 26.1 Å². The van der Waals surface area contributed by atoms with Crippen LogP contribution >= 0.6 is 0 Å². The molecule has 3 rings (SSSR count). The zero-order valence-corrected chi connectivity index (χ0v) is 15.3. The highest BCUT2D eigenvalue weighted by atomic mass is 16.6. The highest BCUT2D eigenvalue weighted by molar-refractivity contribution is 5.86. The summed E-state index contributed by atoms with van der Waals surface area (Å²) in [6, 6.07) is 0. The Morgan fingerprint density at radius 1 is 1.42 bits per heavy atom. The van der Waals surface area contributed by atoms with E-state index in [1.165, 1.54) is 12.7 Å². The summed E-state index contributed by atoms with van der Waals surface area (Å²) < 4.78 is 17.5. The molecule has 0 aromatic rings. The number of methoxy groups -OCH3 is 1. The number of Topliss-reactive ketones (excluding diaryl/α,β-unsaturated/α-hetero) is 1. The Morgan fingerprint density at radius 3 is 2.71 bits per heavy atom. The molecule has 1 N–H and O–H groups in total. The largest absolute Gasteiger partial charge is 0.380 e. The zero-order chi connectivity index (χ0) is 17.6. The summed E-state index contributed by atoms with van der Waals surface area (Å²) >= 11 is 0. The fourth-order valence-corrected chi connectivity index (χ4v) is 4.73. The summed E-state index contributed by atoms with van der Waals surface area (Å²) in [6.45, 7) is 7.14. The third-order valence-electron chi connectivity index (χ3n) is 6.32. The van der Waals surface area contributed by atoms with Crippen LogP contribution in [0.3, 0.4) is 0 Å². The second-order valence-corrected chi connectivity index (χ2v) is 7.94. The summed E-state index contributed by atoms with van der Waals surface area (Å²) in [7, 11) is 1.49. The summed E-state index contributed by atoms with van der Waals surface area (Å²) in [6.07, 6.45) is 4.96. The quantitative estimate of drug-likeness (QED) is 0.630. The molecule has 5 nitrogen and oxygen atoms in total. The second kappa shape index (κ2) is 6.20. The van der Waals surface area contributed by atoms with Gasteiger partial charge in [0.2, 0.25) is 0 Å². The smallest absolute Gasteiger partial charge is 0.164 e. The molecule has 5 unspecified atom stereocenters. The molecule has 1 spiro atoms. The van der Waals surface area contributed by atoms with E-state index < -0.39 is 22.9 Å². The number of epoxide rings is 1. The van der Waals surface area contributed by atoms with E-state index in [2.05, 4.69) is 19.9 Å². The molecule has 136 valence electrons. The fourth-order valence-electron chi connectivity index (χ4n) is 4.73. The first-order valence-electron chi connectivity index (χ1n) is 9.00. The van der Waals surface area contributed by atoms with E-state index in [0.717, 1.165) is 19.3 Å². The molecule has 0 aromatic carbocycles. The summed E-state index contributed by atoms with van der Waals surface area (Å²) in [5.41, 5.74) is -1.79. The van der Waals surface area contributed by atoms with Crippen molar-refractivity contribution in [3.05, 3.63) is 11.6 Å². The minimum Gasteiger partial charge on any atom is -0.380 e. The number of carbonyl (C=O) groups excluding carboxylic acids is 1. The molecular weight excluding hydrogens is 308 g/mol. The van der Waals surface area contributed by atoms with Crippen LogP contribution in [-0.4, -0.2) is 54.1 Å². The monoisotopic (exact) mass is 338 g/mol. The number of hydrogen-bond donors (Lipinski definition) is 1. The van der Waals surface area contributed by atoms with Crippen LogP contribution in [0.1, 0.15) is 52.9 Å². The Bertz CT molecular complexity index is 534. The Morgan fingerprint density at radius 2 is 2.12 bits per heavy atom. The number of ketones is 1. The lowest BCUT2D eigenvalue weighted by Crippen LogP contribution is -2.75. The molecule has 24 heavy (non-hydrogen) atoms. The van der Waals surface area contributed by atoms with Crippen molar-refractivity contribution in [2.75, 3.05) is 20.3 Å². The van der Waals surface area contributed by atoms with Crippen molar-refractivity contribution in [2.24, 2.45) is 5.92 Å². The molecule has 1 saturated carbocycles. The minimum atomic E-state index is -1.45. The van der Waals surface area contributed by atoms with Gasteiger partial charge >= 0.3 is 0 Å². The Labute approximate surface area is 144 Å². The standard InChI is InChI=1S/C19H30O5/c1-13(2)7-8-14-6-5-11-23-17(14,3)19(21)16(22-4)15(20)9-10-18(19)12-24-18/h7,14,16,21H,5-6,8-12H2,1-4H3. The SMILES string of the molecule is COC1C(=O)CCC2(CO2)C1(O)C1(C)OCCCC1CC=C(C)C. The third kappa shape index (κ3) is 2.48. The van der Waals surface area contributed by atoms with E-state index in [1.807, 2.05) is 6.92 Å². The number of ether oxygens (including phenoxy) is 3. The zero-order valence-electron chi connectivity index (χ0n) is 15.3. The van der Waals surface area contributed by atoms with Gasteiger partial charge in [0.05, 0.1) is 6.61 Å². The van der Waals surface area contributed by atoms with Gasteiger partial charge in [-0.05, 0) is 52.4 Å². The highest BCUT2D eigenvalue weighted by Crippen LogP contribution is 2.57. The van der Waals surface area contributed by atoms with Crippen molar-refractivity contribution in [3.63, 3.8) is 0 Å². The van der Waals surface area contributed by atoms with Crippen molar-refractivity contribution in [3.8, 4) is 0 Å². The maximum Gasteiger partial charge on any atom is 0.164 e. The van der Waals surface area contributed by atoms with Crippen molar-refractivity contribution < 1.29 is 24.1 Å². The average Bonchev–Trinajstić information content (AvgIpc) is 3.32. The second-order valence-electron chi connectivity index (χ2n) is 7.94. The van der Waals surface area contributed by atoms with E-state index in [9.17, 15) is 9.90 Å². The van der Waals surface area contributed by atoms with E-state index in [4.69, 9.17) is 14.2 Å². The van der Waals surface area contributed by atoms with Gasteiger partial charge in [0.1, 0.15) is 17.3 Å². The number of carbonyl (C=O) groups is 1. The lowest BCUT2D eigenvalue weighted by molar-refractivity contribution is -0.281. The van der Waals surface area contributed by atoms with Gasteiger partial charge < -0.3 is 19.3 Å². The van der Waals surface area contributed by atoms with Crippen molar-refractivity contribution in [1.82, 2.24) is 0 Å². The van der Waals surface area contributed by atoms with Crippen LogP contribution in [0.2, 0.25) is 0 Å². The normalized spacial score (nSPS) is 45.3. The molecule has 2 heterocycles. The Kier molecular flexibility index (Phi) is 4.67. The first kappa shape index (κ1) is 18.1. The molecule has 3 aliphatic rings. The van der Waals surface area contributed by atoms with Gasteiger partial charge in [-0.1, -0.05) is 11.6 Å². The minimum absolute atomic E-state index is 0.0579. The van der Waals surface area contributed by atoms with Crippen molar-refractivity contribution in [1.29, 1.82) is 0 Å². The predicted molar refractivity (Wildman–Crippen MR) is 89.8 cm³/mol. The van der Waals surface area contributed by atoms with Crippen molar-refractivity contribution >= 4 is 5.78 Å². The van der Waals surface area contributed by atoms with E-state index in [-0.39, 0.29) is 11.7 Å². The van der Waals surface area contributed by atoms with E-state index >= 15 is 0 Å². The fraction of sp³-hybridized carbons (Fsp3) is 0.842. The van der Waals surface area contributed by atoms with Gasteiger partial charge in [-0.25, -0.2) is 0 Å². The number of rotatable bonds is 4. The van der Waals surface area contributed by atoms with Crippen LogP contribution in [-0.2, 0) is 19.0 Å². The summed E-state index contributed by atoms with van der Waals surface area (Å²) in [5, 5.41) is 11.9. The highest BCUT2D eigenvalue weighted by Gasteiger charge is 2.76. The predicted octanol–water partition coefficient (Wildman–Crippen LogP) is 2.41. The van der Waals surface area contributed by atoms with Gasteiger partial charge in [-0.2, -0.15) is 0 Å². The van der Waals surface area contributed by atoms with E-state index in [1.54, 1.807) is 0 Å². The van der Waals surface area contributed by atoms with Crippen LogP contribution in [0.4, 0.5) is 0 Å². The lowest BCUT2D eigenvalue weighted by atomic mass is 9.58. The molecule has 2 aliphatic heterocycles. The molecule has 2 saturated heterocycles. The van der Waals surface area contributed by atoms with Gasteiger partial charge in [0.15, 0.2) is 11.4 Å². The third-order valence-corrected chi connectivity index (χ3v) is 6.32. The summed E-state index contributed by atoms with van der Waals surface area (Å²) in [4.78, 5) is 12.5. The molecular formula is C19H30O5. The maximum atomic E-state index is 12.5. The van der Waals surface area contributed by atoms with Gasteiger partial charge in [-0.15, -0.1) is 0 Å². The Hall–Kier alpha value is -0.750. The van der Waals surface area contributed by atoms with Crippen LogP contribution in [0.25, 0.3) is 0 Å². The molecule has 0 amide bonds. The molecule has 3 fully saturated rings. The number of hydrogen-bond acceptors (Lipinski definition) is 5. The molecule has 5 atom stereocenters. The van der Waals surface area contributed by atoms with Crippen LogP contribution in [0.5, 0.6) is 0 Å². The van der Waals surface area contributed by atoms with Gasteiger partial charge in [0, 0.05) is 20.1 Å². The molecule has 0 bridgehead atoms. The molecule has 0 aromatic heterocycles. The van der Waals surface area contributed by atoms with Crippen molar-refractivity contribution in [2.45, 2.75) is 75.8 Å². The summed E-state index contributed by atoms with van der Waals surface area (Å²) in [5.74, 6) is 0.0632. The number of aliphatic hydroxyl groups is 1. The Balaban J connectivity index is 2.02. The maximum absolute atomic E-state index is 12.5. The van der Waals surface area contributed by atoms with Gasteiger partial charge in [0.25, 0.3) is 0 Å². The lowest BCUT2D eigenvalue weighted by Gasteiger charge is -2.57. The van der Waals surface area contributed by atoms with Crippen LogP contribution in [0.15, 0.2) is 11.6 Å².